The molecule has 0 heterocycles. The Balaban J connectivity index is 2.79. The number of aryl methyl sites for hydroxylation is 1. The molecule has 1 rings (SSSR count). The topological polar surface area (TPSA) is 43.4 Å². The first-order valence-electron chi connectivity index (χ1n) is 5.37. The number of hydrogen-bond donors (Lipinski definition) is 0. The molecule has 3 heteroatoms. The first kappa shape index (κ1) is 12.4. The van der Waals surface area contributed by atoms with Crippen LogP contribution in [0.2, 0.25) is 0 Å². The Bertz CT molecular complexity index is 383. The third-order valence-corrected chi connectivity index (χ3v) is 2.49. The molecule has 0 saturated carbocycles. The van der Waals surface area contributed by atoms with Crippen molar-refractivity contribution >= 4 is 11.8 Å². The molecular weight excluding hydrogens is 204 g/mol. The number of Topliss-reactive ketones (excluding diaryl/α,β-unsaturated/α-hetero) is 1. The molecule has 1 aromatic rings. The highest BCUT2D eigenvalue weighted by Crippen LogP contribution is 2.12. The number of rotatable bonds is 5. The van der Waals surface area contributed by atoms with Crippen LogP contribution in [0.15, 0.2) is 24.3 Å². The molecule has 0 amide bonds. The normalized spacial score (nSPS) is 9.88. The number of methoxy groups -OCH3 is 1. The van der Waals surface area contributed by atoms with E-state index in [1.165, 1.54) is 7.11 Å². The Morgan fingerprint density at radius 3 is 2.56 bits per heavy atom. The quantitative estimate of drug-likeness (QED) is 0.715. The number of esters is 1. The fraction of sp³-hybridized carbons (Fsp3) is 0.385. The summed E-state index contributed by atoms with van der Waals surface area (Å²) in [7, 11) is 1.36. The second-order valence-corrected chi connectivity index (χ2v) is 3.54. The van der Waals surface area contributed by atoms with Crippen LogP contribution < -0.4 is 0 Å². The second-order valence-electron chi connectivity index (χ2n) is 3.54. The number of carbonyl (C=O) groups is 2. The van der Waals surface area contributed by atoms with Gasteiger partial charge < -0.3 is 4.74 Å². The van der Waals surface area contributed by atoms with Gasteiger partial charge in [-0.3, -0.25) is 4.79 Å². The van der Waals surface area contributed by atoms with E-state index in [0.717, 1.165) is 5.56 Å². The number of hydrogen-bond acceptors (Lipinski definition) is 3. The summed E-state index contributed by atoms with van der Waals surface area (Å²) in [5.41, 5.74) is 1.42. The van der Waals surface area contributed by atoms with Crippen LogP contribution in [0.4, 0.5) is 0 Å². The van der Waals surface area contributed by atoms with Crippen LogP contribution >= 0.6 is 0 Å². The van der Waals surface area contributed by atoms with Crippen molar-refractivity contribution in [3.8, 4) is 0 Å². The van der Waals surface area contributed by atoms with E-state index >= 15 is 0 Å². The molecule has 0 saturated heterocycles. The summed E-state index contributed by atoms with van der Waals surface area (Å²) >= 11 is 0. The lowest BCUT2D eigenvalue weighted by molar-refractivity contribution is -0.118. The highest BCUT2D eigenvalue weighted by molar-refractivity contribution is 5.91. The molecule has 0 aliphatic heterocycles. The molecule has 0 atom stereocenters. The molecular formula is C13H16O3. The minimum absolute atomic E-state index is 0.208. The molecule has 0 N–H and O–H groups in total. The van der Waals surface area contributed by atoms with Crippen LogP contribution in [0.5, 0.6) is 0 Å². The Kier molecular flexibility index (Phi) is 4.70. The van der Waals surface area contributed by atoms with Gasteiger partial charge in [-0.15, -0.1) is 0 Å². The van der Waals surface area contributed by atoms with Crippen molar-refractivity contribution in [2.45, 2.75) is 26.2 Å². The maximum atomic E-state index is 11.4. The zero-order valence-electron chi connectivity index (χ0n) is 9.66. The summed E-state index contributed by atoms with van der Waals surface area (Å²) in [6, 6.07) is 7.22. The Morgan fingerprint density at radius 1 is 1.25 bits per heavy atom. The lowest BCUT2D eigenvalue weighted by atomic mass is 10.0. The van der Waals surface area contributed by atoms with Gasteiger partial charge in [0.1, 0.15) is 5.78 Å². The molecule has 0 aliphatic carbocycles. The predicted molar refractivity (Wildman–Crippen MR) is 61.4 cm³/mol. The monoisotopic (exact) mass is 220 g/mol. The zero-order valence-corrected chi connectivity index (χ0v) is 9.66. The van der Waals surface area contributed by atoms with Crippen molar-refractivity contribution in [3.63, 3.8) is 0 Å². The summed E-state index contributed by atoms with van der Waals surface area (Å²) in [6.45, 7) is 1.84. The van der Waals surface area contributed by atoms with Crippen LogP contribution in [-0.2, 0) is 16.0 Å². The van der Waals surface area contributed by atoms with Crippen LogP contribution in [0.25, 0.3) is 0 Å². The molecule has 3 nitrogen and oxygen atoms in total. The molecule has 0 spiro atoms. The van der Waals surface area contributed by atoms with Crippen molar-refractivity contribution in [2.24, 2.45) is 0 Å². The van der Waals surface area contributed by atoms with Crippen LogP contribution in [-0.4, -0.2) is 18.9 Å². The summed E-state index contributed by atoms with van der Waals surface area (Å²) in [5, 5.41) is 0. The van der Waals surface area contributed by atoms with Gasteiger partial charge in [0, 0.05) is 12.8 Å². The van der Waals surface area contributed by atoms with Crippen molar-refractivity contribution in [2.75, 3.05) is 7.11 Å². The minimum Gasteiger partial charge on any atom is -0.465 e. The molecule has 16 heavy (non-hydrogen) atoms. The summed E-state index contributed by atoms with van der Waals surface area (Å²) in [6.07, 6.45) is 1.61. The van der Waals surface area contributed by atoms with E-state index in [0.29, 0.717) is 24.8 Å². The Morgan fingerprint density at radius 2 is 1.94 bits per heavy atom. The standard InChI is InChI=1S/C13H16O3/c1-3-11(14)9-8-10-6-4-5-7-12(10)13(15)16-2/h4-7H,3,8-9H2,1-2H3. The average molecular weight is 220 g/mol. The lowest BCUT2D eigenvalue weighted by Gasteiger charge is -2.06. The summed E-state index contributed by atoms with van der Waals surface area (Å²) < 4.78 is 4.69. The van der Waals surface area contributed by atoms with Crippen molar-refractivity contribution in [3.05, 3.63) is 35.4 Å². The largest absolute Gasteiger partial charge is 0.465 e. The molecule has 0 fully saturated rings. The van der Waals surface area contributed by atoms with E-state index in [1.54, 1.807) is 12.1 Å². The fourth-order valence-electron chi connectivity index (χ4n) is 1.50. The first-order valence-corrected chi connectivity index (χ1v) is 5.37. The molecule has 0 unspecified atom stereocenters. The van der Waals surface area contributed by atoms with Gasteiger partial charge in [-0.05, 0) is 18.1 Å². The van der Waals surface area contributed by atoms with Crippen LogP contribution in [0, 0.1) is 0 Å². The summed E-state index contributed by atoms with van der Waals surface area (Å²) in [4.78, 5) is 22.7. The SMILES string of the molecule is CCC(=O)CCc1ccccc1C(=O)OC. The summed E-state index contributed by atoms with van der Waals surface area (Å²) in [5.74, 6) is -0.140. The van der Waals surface area contributed by atoms with E-state index in [4.69, 9.17) is 0 Å². The van der Waals surface area contributed by atoms with Gasteiger partial charge in [-0.25, -0.2) is 4.79 Å². The van der Waals surface area contributed by atoms with Crippen molar-refractivity contribution in [1.82, 2.24) is 0 Å². The maximum absolute atomic E-state index is 11.4. The Hall–Kier alpha value is -1.64. The molecule has 0 aliphatic rings. The molecule has 86 valence electrons. The number of benzene rings is 1. The lowest BCUT2D eigenvalue weighted by Crippen LogP contribution is -2.07. The predicted octanol–water partition coefficient (Wildman–Crippen LogP) is 2.38. The van der Waals surface area contributed by atoms with Gasteiger partial charge in [0.25, 0.3) is 0 Å². The molecule has 0 bridgehead atoms. The van der Waals surface area contributed by atoms with Crippen molar-refractivity contribution < 1.29 is 14.3 Å². The van der Waals surface area contributed by atoms with Gasteiger partial charge in [-0.2, -0.15) is 0 Å². The molecule has 1 aromatic carbocycles. The molecule has 0 aromatic heterocycles. The van der Waals surface area contributed by atoms with E-state index in [2.05, 4.69) is 4.74 Å². The van der Waals surface area contributed by atoms with Crippen LogP contribution in [0.3, 0.4) is 0 Å². The minimum atomic E-state index is -0.348. The van der Waals surface area contributed by atoms with E-state index < -0.39 is 0 Å². The van der Waals surface area contributed by atoms with Crippen LogP contribution in [0.1, 0.15) is 35.7 Å². The van der Waals surface area contributed by atoms with Gasteiger partial charge in [-0.1, -0.05) is 25.1 Å². The highest BCUT2D eigenvalue weighted by Gasteiger charge is 2.11. The average Bonchev–Trinajstić information content (AvgIpc) is 2.35. The number of carbonyl (C=O) groups excluding carboxylic acids is 2. The third-order valence-electron chi connectivity index (χ3n) is 2.49. The van der Waals surface area contributed by atoms with Gasteiger partial charge in [0.05, 0.1) is 12.7 Å². The highest BCUT2D eigenvalue weighted by atomic mass is 16.5. The second kappa shape index (κ2) is 6.05. The van der Waals surface area contributed by atoms with E-state index in [1.807, 2.05) is 19.1 Å². The van der Waals surface area contributed by atoms with E-state index in [9.17, 15) is 9.59 Å². The van der Waals surface area contributed by atoms with E-state index in [-0.39, 0.29) is 11.8 Å². The smallest absolute Gasteiger partial charge is 0.338 e. The van der Waals surface area contributed by atoms with Gasteiger partial charge >= 0.3 is 5.97 Å². The fourth-order valence-corrected chi connectivity index (χ4v) is 1.50. The first-order chi connectivity index (χ1) is 7.69. The van der Waals surface area contributed by atoms with Crippen molar-refractivity contribution in [1.29, 1.82) is 0 Å². The van der Waals surface area contributed by atoms with Gasteiger partial charge in [0.2, 0.25) is 0 Å². The third kappa shape index (κ3) is 3.19. The number of ether oxygens (including phenoxy) is 1. The van der Waals surface area contributed by atoms with Gasteiger partial charge in [0.15, 0.2) is 0 Å². The zero-order chi connectivity index (χ0) is 12.0. The maximum Gasteiger partial charge on any atom is 0.338 e. The molecule has 0 radical (unpaired) electrons. The Labute approximate surface area is 95.4 Å². The number of ketones is 1.